The second-order valence-corrected chi connectivity index (χ2v) is 7.29. The van der Waals surface area contributed by atoms with E-state index >= 15 is 0 Å². The molecule has 0 spiro atoms. The van der Waals surface area contributed by atoms with E-state index in [4.69, 9.17) is 11.6 Å². The van der Waals surface area contributed by atoms with Gasteiger partial charge in [-0.15, -0.1) is 11.3 Å². The highest BCUT2D eigenvalue weighted by molar-refractivity contribution is 9.10. The Morgan fingerprint density at radius 3 is 2.24 bits per heavy atom. The summed E-state index contributed by atoms with van der Waals surface area (Å²) in [6.07, 6.45) is 0. The summed E-state index contributed by atoms with van der Waals surface area (Å²) in [5, 5.41) is 7.92. The van der Waals surface area contributed by atoms with Crippen molar-refractivity contribution in [2.45, 2.75) is 0 Å². The number of carbonyl (C=O) groups excluding carboxylic acids is 2. The Morgan fingerprint density at radius 2 is 1.60 bits per heavy atom. The van der Waals surface area contributed by atoms with Gasteiger partial charge in [-0.1, -0.05) is 29.8 Å². The molecule has 3 aromatic rings. The molecule has 3 rings (SSSR count). The Morgan fingerprint density at radius 1 is 0.920 bits per heavy atom. The van der Waals surface area contributed by atoms with Gasteiger partial charge in [0, 0.05) is 9.50 Å². The molecule has 0 atom stereocenters. The zero-order valence-corrected chi connectivity index (χ0v) is 15.9. The van der Waals surface area contributed by atoms with Crippen LogP contribution in [-0.2, 0) is 0 Å². The highest BCUT2D eigenvalue weighted by atomic mass is 79.9. The average molecular weight is 436 g/mol. The molecule has 0 saturated heterocycles. The van der Waals surface area contributed by atoms with Crippen LogP contribution in [0.2, 0.25) is 5.02 Å². The van der Waals surface area contributed by atoms with Gasteiger partial charge in [0.25, 0.3) is 11.8 Å². The number of thiophene rings is 1. The molecule has 1 aromatic heterocycles. The second-order valence-electron chi connectivity index (χ2n) is 5.06. The maximum atomic E-state index is 12.5. The van der Waals surface area contributed by atoms with E-state index in [1.54, 1.807) is 48.5 Å². The van der Waals surface area contributed by atoms with Crippen LogP contribution < -0.4 is 10.6 Å². The van der Waals surface area contributed by atoms with E-state index in [1.807, 2.05) is 11.4 Å². The minimum absolute atomic E-state index is 0.222. The zero-order valence-electron chi connectivity index (χ0n) is 12.8. The maximum absolute atomic E-state index is 12.5. The van der Waals surface area contributed by atoms with Gasteiger partial charge < -0.3 is 10.6 Å². The van der Waals surface area contributed by atoms with Crippen LogP contribution in [-0.4, -0.2) is 11.8 Å². The lowest BCUT2D eigenvalue weighted by atomic mass is 10.2. The lowest BCUT2D eigenvalue weighted by Gasteiger charge is -2.12. The van der Waals surface area contributed by atoms with E-state index in [2.05, 4.69) is 26.6 Å². The van der Waals surface area contributed by atoms with Crippen molar-refractivity contribution >= 4 is 62.1 Å². The van der Waals surface area contributed by atoms with Gasteiger partial charge in [0.2, 0.25) is 0 Å². The van der Waals surface area contributed by atoms with Crippen molar-refractivity contribution in [1.29, 1.82) is 0 Å². The Hall–Kier alpha value is -2.15. The quantitative estimate of drug-likeness (QED) is 0.555. The molecule has 126 valence electrons. The molecular formula is C18H12BrClN2O2S. The third kappa shape index (κ3) is 4.28. The highest BCUT2D eigenvalue weighted by Gasteiger charge is 2.14. The van der Waals surface area contributed by atoms with Crippen molar-refractivity contribution in [2.75, 3.05) is 10.6 Å². The fourth-order valence-corrected chi connectivity index (χ4v) is 3.37. The predicted octanol–water partition coefficient (Wildman–Crippen LogP) is 5.67. The molecule has 0 saturated carbocycles. The Labute approximate surface area is 162 Å². The van der Waals surface area contributed by atoms with E-state index in [1.165, 1.54) is 11.3 Å². The summed E-state index contributed by atoms with van der Waals surface area (Å²) in [7, 11) is 0. The van der Waals surface area contributed by atoms with E-state index in [-0.39, 0.29) is 11.8 Å². The monoisotopic (exact) mass is 434 g/mol. The van der Waals surface area contributed by atoms with Gasteiger partial charge in [-0.3, -0.25) is 9.59 Å². The first-order valence-corrected chi connectivity index (χ1v) is 9.30. The van der Waals surface area contributed by atoms with Crippen LogP contribution in [0.5, 0.6) is 0 Å². The van der Waals surface area contributed by atoms with Crippen molar-refractivity contribution in [3.05, 3.63) is 79.9 Å². The van der Waals surface area contributed by atoms with Crippen LogP contribution in [0.15, 0.2) is 64.5 Å². The third-order valence-electron chi connectivity index (χ3n) is 3.34. The van der Waals surface area contributed by atoms with Crippen LogP contribution in [0.1, 0.15) is 20.0 Å². The van der Waals surface area contributed by atoms with Crippen molar-refractivity contribution in [2.24, 2.45) is 0 Å². The minimum Gasteiger partial charge on any atom is -0.320 e. The van der Waals surface area contributed by atoms with Gasteiger partial charge in [-0.05, 0) is 57.7 Å². The molecule has 4 nitrogen and oxygen atoms in total. The van der Waals surface area contributed by atoms with Crippen LogP contribution in [0.4, 0.5) is 11.4 Å². The molecule has 0 aliphatic rings. The van der Waals surface area contributed by atoms with Gasteiger partial charge in [0.05, 0.1) is 21.8 Å². The fourth-order valence-electron chi connectivity index (χ4n) is 2.15. The summed E-state index contributed by atoms with van der Waals surface area (Å²) in [6, 6.07) is 15.5. The van der Waals surface area contributed by atoms with Crippen LogP contribution in [0.3, 0.4) is 0 Å². The van der Waals surface area contributed by atoms with Crippen molar-refractivity contribution < 1.29 is 9.59 Å². The number of rotatable bonds is 4. The van der Waals surface area contributed by atoms with Crippen molar-refractivity contribution in [1.82, 2.24) is 0 Å². The summed E-state index contributed by atoms with van der Waals surface area (Å²) in [6.45, 7) is 0. The van der Waals surface area contributed by atoms with Crippen LogP contribution >= 0.6 is 38.9 Å². The number of amides is 2. The van der Waals surface area contributed by atoms with Gasteiger partial charge in [0.15, 0.2) is 0 Å². The molecular weight excluding hydrogens is 424 g/mol. The smallest absolute Gasteiger partial charge is 0.265 e. The van der Waals surface area contributed by atoms with Crippen molar-refractivity contribution in [3.63, 3.8) is 0 Å². The average Bonchev–Trinajstić information content (AvgIpc) is 3.13. The molecule has 25 heavy (non-hydrogen) atoms. The lowest BCUT2D eigenvalue weighted by molar-refractivity contribution is 0.101. The van der Waals surface area contributed by atoms with Gasteiger partial charge >= 0.3 is 0 Å². The largest absolute Gasteiger partial charge is 0.320 e. The lowest BCUT2D eigenvalue weighted by Crippen LogP contribution is -2.16. The molecule has 0 aliphatic carbocycles. The molecule has 2 N–H and O–H groups in total. The van der Waals surface area contributed by atoms with E-state index in [0.717, 1.165) is 0 Å². The van der Waals surface area contributed by atoms with Crippen molar-refractivity contribution in [3.8, 4) is 0 Å². The molecule has 0 radical (unpaired) electrons. The molecule has 0 fully saturated rings. The molecule has 1 heterocycles. The zero-order chi connectivity index (χ0) is 17.8. The summed E-state index contributed by atoms with van der Waals surface area (Å²) < 4.78 is 0.634. The van der Waals surface area contributed by atoms with E-state index in [0.29, 0.717) is 31.3 Å². The van der Waals surface area contributed by atoms with E-state index < -0.39 is 0 Å². The summed E-state index contributed by atoms with van der Waals surface area (Å²) in [5.74, 6) is -0.548. The number of para-hydroxylation sites is 2. The highest BCUT2D eigenvalue weighted by Crippen LogP contribution is 2.26. The third-order valence-corrected chi connectivity index (χ3v) is 5.14. The SMILES string of the molecule is O=C(Nc1ccccc1NC(=O)c1cc(Cl)ccc1Br)c1cccs1. The van der Waals surface area contributed by atoms with Gasteiger partial charge in [0.1, 0.15) is 0 Å². The number of halogens is 2. The Kier molecular flexibility index (Phi) is 5.53. The Bertz CT molecular complexity index is 929. The van der Waals surface area contributed by atoms with Gasteiger partial charge in [-0.2, -0.15) is 0 Å². The topological polar surface area (TPSA) is 58.2 Å². The second kappa shape index (κ2) is 7.82. The van der Waals surface area contributed by atoms with Crippen LogP contribution in [0, 0.1) is 0 Å². The number of hydrogen-bond donors (Lipinski definition) is 2. The molecule has 0 unspecified atom stereocenters. The maximum Gasteiger partial charge on any atom is 0.265 e. The number of hydrogen-bond acceptors (Lipinski definition) is 3. The summed E-state index contributed by atoms with van der Waals surface area (Å²) in [4.78, 5) is 25.4. The predicted molar refractivity (Wildman–Crippen MR) is 106 cm³/mol. The molecule has 0 bridgehead atoms. The number of benzene rings is 2. The molecule has 2 aromatic carbocycles. The standard InChI is InChI=1S/C18H12BrClN2O2S/c19-13-8-7-11(20)10-12(13)17(23)21-14-4-1-2-5-15(14)22-18(24)16-6-3-9-25-16/h1-10H,(H,21,23)(H,22,24). The van der Waals surface area contributed by atoms with Gasteiger partial charge in [-0.25, -0.2) is 0 Å². The first-order chi connectivity index (χ1) is 12.0. The number of anilines is 2. The Balaban J connectivity index is 1.82. The molecule has 0 aliphatic heterocycles. The van der Waals surface area contributed by atoms with Crippen LogP contribution in [0.25, 0.3) is 0 Å². The first kappa shape index (κ1) is 17.7. The number of nitrogens with one attached hydrogen (secondary N) is 2. The normalized spacial score (nSPS) is 10.3. The fraction of sp³-hybridized carbons (Fsp3) is 0. The van der Waals surface area contributed by atoms with E-state index in [9.17, 15) is 9.59 Å². The minimum atomic E-state index is -0.327. The summed E-state index contributed by atoms with van der Waals surface area (Å²) in [5.41, 5.74) is 1.43. The molecule has 2 amide bonds. The number of carbonyl (C=O) groups is 2. The first-order valence-electron chi connectivity index (χ1n) is 7.25. The molecule has 7 heteroatoms. The summed E-state index contributed by atoms with van der Waals surface area (Å²) >= 11 is 10.7.